The van der Waals surface area contributed by atoms with Crippen molar-refractivity contribution >= 4 is 23.2 Å². The van der Waals surface area contributed by atoms with Crippen LogP contribution in [0.2, 0.25) is 5.02 Å². The van der Waals surface area contributed by atoms with Crippen LogP contribution < -0.4 is 5.73 Å². The number of guanidine groups is 1. The highest BCUT2D eigenvalue weighted by Crippen LogP contribution is 2.34. The molecular weight excluding hydrogens is 270 g/mol. The fraction of sp³-hybridized carbons (Fsp3) is 0.188. The van der Waals surface area contributed by atoms with Gasteiger partial charge < -0.3 is 10.6 Å². The van der Waals surface area contributed by atoms with Crippen LogP contribution in [-0.2, 0) is 6.54 Å². The molecule has 102 valence electrons. The molecule has 0 bridgehead atoms. The highest BCUT2D eigenvalue weighted by Gasteiger charge is 2.25. The molecule has 0 aliphatic carbocycles. The summed E-state index contributed by atoms with van der Waals surface area (Å²) in [5.41, 5.74) is 9.31. The summed E-state index contributed by atoms with van der Waals surface area (Å²) in [5.74, 6) is 0.538. The van der Waals surface area contributed by atoms with E-state index in [9.17, 15) is 0 Å². The molecule has 2 N–H and O–H groups in total. The molecule has 1 aliphatic rings. The molecule has 0 amide bonds. The number of benzene rings is 2. The van der Waals surface area contributed by atoms with Crippen molar-refractivity contribution in [1.82, 2.24) is 4.90 Å². The lowest BCUT2D eigenvalue weighted by Gasteiger charge is -2.34. The highest BCUT2D eigenvalue weighted by atomic mass is 35.5. The molecule has 0 saturated carbocycles. The van der Waals surface area contributed by atoms with E-state index in [1.807, 2.05) is 42.5 Å². The van der Waals surface area contributed by atoms with Gasteiger partial charge in [0.05, 0.1) is 11.7 Å². The van der Waals surface area contributed by atoms with Crippen molar-refractivity contribution in [2.75, 3.05) is 0 Å². The molecule has 0 spiro atoms. The third kappa shape index (κ3) is 2.25. The van der Waals surface area contributed by atoms with E-state index < -0.39 is 0 Å². The van der Waals surface area contributed by atoms with Gasteiger partial charge in [-0.25, -0.2) is 4.99 Å². The number of rotatable bonds is 2. The molecule has 1 atom stereocenters. The summed E-state index contributed by atoms with van der Waals surface area (Å²) >= 11 is 6.23. The van der Waals surface area contributed by atoms with Crippen LogP contribution in [0, 0.1) is 0 Å². The van der Waals surface area contributed by atoms with Gasteiger partial charge in [0.25, 0.3) is 0 Å². The largest absolute Gasteiger partial charge is 0.369 e. The second-order valence-electron chi connectivity index (χ2n) is 4.92. The number of hydrogen-bond acceptors (Lipinski definition) is 3. The van der Waals surface area contributed by atoms with Crippen molar-refractivity contribution in [3.05, 3.63) is 64.7 Å². The van der Waals surface area contributed by atoms with E-state index >= 15 is 0 Å². The van der Waals surface area contributed by atoms with Crippen molar-refractivity contribution < 1.29 is 0 Å². The van der Waals surface area contributed by atoms with E-state index in [1.54, 1.807) is 0 Å². The SMILES string of the molecule is C[C@H]1c2ccccc2N=C(N)N1Cc1ccccc1Cl. The van der Waals surface area contributed by atoms with E-state index in [0.29, 0.717) is 12.5 Å². The van der Waals surface area contributed by atoms with Gasteiger partial charge in [-0.2, -0.15) is 0 Å². The van der Waals surface area contributed by atoms with E-state index in [4.69, 9.17) is 17.3 Å². The Bertz CT molecular complexity index is 666. The fourth-order valence-corrected chi connectivity index (χ4v) is 2.72. The molecule has 20 heavy (non-hydrogen) atoms. The van der Waals surface area contributed by atoms with Gasteiger partial charge in [-0.3, -0.25) is 0 Å². The van der Waals surface area contributed by atoms with Gasteiger partial charge in [-0.05, 0) is 24.6 Å². The van der Waals surface area contributed by atoms with E-state index in [-0.39, 0.29) is 6.04 Å². The average Bonchev–Trinajstić information content (AvgIpc) is 2.45. The predicted molar refractivity (Wildman–Crippen MR) is 83.1 cm³/mol. The van der Waals surface area contributed by atoms with Crippen molar-refractivity contribution in [2.45, 2.75) is 19.5 Å². The minimum Gasteiger partial charge on any atom is -0.369 e. The van der Waals surface area contributed by atoms with Gasteiger partial charge in [0.1, 0.15) is 0 Å². The lowest BCUT2D eigenvalue weighted by Crippen LogP contribution is -2.40. The summed E-state index contributed by atoms with van der Waals surface area (Å²) in [7, 11) is 0. The Morgan fingerprint density at radius 1 is 1.15 bits per heavy atom. The third-order valence-corrected chi connectivity index (χ3v) is 4.05. The number of halogens is 1. The quantitative estimate of drug-likeness (QED) is 0.910. The highest BCUT2D eigenvalue weighted by molar-refractivity contribution is 6.31. The summed E-state index contributed by atoms with van der Waals surface area (Å²) in [6.45, 7) is 2.79. The average molecular weight is 286 g/mol. The zero-order valence-electron chi connectivity index (χ0n) is 11.3. The zero-order chi connectivity index (χ0) is 14.1. The number of nitrogens with zero attached hydrogens (tertiary/aromatic N) is 2. The van der Waals surface area contributed by atoms with Crippen molar-refractivity contribution in [2.24, 2.45) is 10.7 Å². The molecule has 3 nitrogen and oxygen atoms in total. The van der Waals surface area contributed by atoms with Crippen LogP contribution in [0.1, 0.15) is 24.1 Å². The van der Waals surface area contributed by atoms with Crippen molar-refractivity contribution in [3.63, 3.8) is 0 Å². The molecule has 1 aliphatic heterocycles. The first-order valence-electron chi connectivity index (χ1n) is 6.60. The Balaban J connectivity index is 1.94. The molecule has 0 fully saturated rings. The van der Waals surface area contributed by atoms with Crippen LogP contribution in [0.15, 0.2) is 53.5 Å². The lowest BCUT2D eigenvalue weighted by molar-refractivity contribution is 0.320. The first-order valence-corrected chi connectivity index (χ1v) is 6.98. The molecule has 4 heteroatoms. The Kier molecular flexibility index (Phi) is 3.36. The lowest BCUT2D eigenvalue weighted by atomic mass is 10.0. The van der Waals surface area contributed by atoms with Crippen LogP contribution >= 0.6 is 11.6 Å². The van der Waals surface area contributed by atoms with Crippen LogP contribution in [0.5, 0.6) is 0 Å². The van der Waals surface area contributed by atoms with Crippen molar-refractivity contribution in [1.29, 1.82) is 0 Å². The van der Waals surface area contributed by atoms with Gasteiger partial charge in [-0.15, -0.1) is 0 Å². The summed E-state index contributed by atoms with van der Waals surface area (Å²) in [6, 6.07) is 16.1. The Hall–Kier alpha value is -2.00. The van der Waals surface area contributed by atoms with Gasteiger partial charge in [0, 0.05) is 17.1 Å². The number of para-hydroxylation sites is 1. The van der Waals surface area contributed by atoms with Crippen LogP contribution in [-0.4, -0.2) is 10.9 Å². The van der Waals surface area contributed by atoms with Crippen LogP contribution in [0.4, 0.5) is 5.69 Å². The smallest absolute Gasteiger partial charge is 0.197 e. The predicted octanol–water partition coefficient (Wildman–Crippen LogP) is 3.86. The molecule has 0 aromatic heterocycles. The number of hydrogen-bond donors (Lipinski definition) is 1. The second kappa shape index (κ2) is 5.17. The molecular formula is C16H16ClN3. The van der Waals surface area contributed by atoms with Gasteiger partial charge in [-0.1, -0.05) is 48.0 Å². The number of nitrogens with two attached hydrogens (primary N) is 1. The maximum Gasteiger partial charge on any atom is 0.197 e. The monoisotopic (exact) mass is 285 g/mol. The molecule has 0 saturated heterocycles. The first-order chi connectivity index (χ1) is 9.66. The standard InChI is InChI=1S/C16H16ClN3/c1-11-13-7-3-5-9-15(13)19-16(18)20(11)10-12-6-2-4-8-14(12)17/h2-9,11H,10H2,1H3,(H2,18,19)/t11-/m0/s1. The molecule has 2 aromatic rings. The van der Waals surface area contributed by atoms with Gasteiger partial charge >= 0.3 is 0 Å². The maximum absolute atomic E-state index is 6.23. The molecule has 0 radical (unpaired) electrons. The van der Waals surface area contributed by atoms with Crippen LogP contribution in [0.3, 0.4) is 0 Å². The van der Waals surface area contributed by atoms with E-state index in [2.05, 4.69) is 22.9 Å². The number of fused-ring (bicyclic) bond motifs is 1. The topological polar surface area (TPSA) is 41.6 Å². The fourth-order valence-electron chi connectivity index (χ4n) is 2.52. The normalized spacial score (nSPS) is 17.6. The van der Waals surface area contributed by atoms with E-state index in [0.717, 1.165) is 16.3 Å². The Labute approximate surface area is 123 Å². The van der Waals surface area contributed by atoms with E-state index in [1.165, 1.54) is 5.56 Å². The Morgan fingerprint density at radius 3 is 2.65 bits per heavy atom. The van der Waals surface area contributed by atoms with Gasteiger partial charge in [0.2, 0.25) is 0 Å². The van der Waals surface area contributed by atoms with Crippen molar-refractivity contribution in [3.8, 4) is 0 Å². The minimum atomic E-state index is 0.181. The maximum atomic E-state index is 6.23. The Morgan fingerprint density at radius 2 is 1.85 bits per heavy atom. The summed E-state index contributed by atoms with van der Waals surface area (Å²) < 4.78 is 0. The third-order valence-electron chi connectivity index (χ3n) is 3.68. The van der Waals surface area contributed by atoms with Gasteiger partial charge in [0.15, 0.2) is 5.96 Å². The molecule has 0 unspecified atom stereocenters. The second-order valence-corrected chi connectivity index (χ2v) is 5.33. The van der Waals surface area contributed by atoms with Crippen LogP contribution in [0.25, 0.3) is 0 Å². The molecule has 3 rings (SSSR count). The summed E-state index contributed by atoms with van der Waals surface area (Å²) in [5, 5.41) is 0.756. The molecule has 1 heterocycles. The minimum absolute atomic E-state index is 0.181. The summed E-state index contributed by atoms with van der Waals surface area (Å²) in [6.07, 6.45) is 0. The summed E-state index contributed by atoms with van der Waals surface area (Å²) in [4.78, 5) is 6.55. The molecule has 2 aromatic carbocycles. The first kappa shape index (κ1) is 13.0. The zero-order valence-corrected chi connectivity index (χ0v) is 12.0. The number of aliphatic imine (C=N–C) groups is 1.